The van der Waals surface area contributed by atoms with E-state index in [1.807, 2.05) is 0 Å². The van der Waals surface area contributed by atoms with Crippen molar-refractivity contribution in [2.75, 3.05) is 0 Å². The Morgan fingerprint density at radius 1 is 0.500 bits per heavy atom. The summed E-state index contributed by atoms with van der Waals surface area (Å²) < 4.78 is 0. The van der Waals surface area contributed by atoms with Gasteiger partial charge in [-0.15, -0.1) is 0 Å². The third-order valence-corrected chi connectivity index (χ3v) is 0. The standard InChI is InChI=1S/3Na.O/q3*+1;-2. The van der Waals surface area contributed by atoms with Crippen molar-refractivity contribution in [3.8, 4) is 0 Å². The molecule has 0 aliphatic carbocycles. The summed E-state index contributed by atoms with van der Waals surface area (Å²) in [5.41, 5.74) is 0. The molecule has 4 heteroatoms. The third kappa shape index (κ3) is 8.88. The van der Waals surface area contributed by atoms with E-state index in [2.05, 4.69) is 0 Å². The molecule has 0 aliphatic rings. The molecule has 0 aromatic carbocycles. The number of hydrogen-bond donors (Lipinski definition) is 0. The molecule has 0 aromatic heterocycles. The summed E-state index contributed by atoms with van der Waals surface area (Å²) in [6.45, 7) is 0. The molecule has 0 atom stereocenters. The average molecular weight is 85.0 g/mol. The second-order valence-corrected chi connectivity index (χ2v) is 0. The zero-order valence-corrected chi connectivity index (χ0v) is 9.41. The first-order valence-corrected chi connectivity index (χ1v) is 0. The molecule has 0 spiro atoms. The predicted octanol–water partition coefficient (Wildman–Crippen LogP) is -9.11. The largest absolute Gasteiger partial charge is 2.00 e. The van der Waals surface area contributed by atoms with Gasteiger partial charge in [-0.25, -0.2) is 0 Å². The molecule has 0 bridgehead atoms. The quantitative estimate of drug-likeness (QED) is 0.261. The monoisotopic (exact) mass is 85.0 g/mol. The second kappa shape index (κ2) is 16.7. The van der Waals surface area contributed by atoms with Gasteiger partial charge in [-0.1, -0.05) is 0 Å². The maximum Gasteiger partial charge on any atom is 1.00 e. The van der Waals surface area contributed by atoms with Crippen molar-refractivity contribution in [3.63, 3.8) is 0 Å². The predicted molar refractivity (Wildman–Crippen MR) is 0.686 cm³/mol. The van der Waals surface area contributed by atoms with Crippen molar-refractivity contribution in [1.29, 1.82) is 0 Å². The van der Waals surface area contributed by atoms with Gasteiger partial charge in [-0.3, -0.25) is 0 Å². The van der Waals surface area contributed by atoms with Crippen LogP contribution in [0.5, 0.6) is 0 Å². The van der Waals surface area contributed by atoms with E-state index in [4.69, 9.17) is 0 Å². The van der Waals surface area contributed by atoms with Crippen molar-refractivity contribution < 1.29 is 94.1 Å². The van der Waals surface area contributed by atoms with Gasteiger partial charge in [0.1, 0.15) is 0 Å². The first kappa shape index (κ1) is 28.2. The van der Waals surface area contributed by atoms with E-state index in [1.165, 1.54) is 0 Å². The van der Waals surface area contributed by atoms with Crippen molar-refractivity contribution in [3.05, 3.63) is 0 Å². The van der Waals surface area contributed by atoms with Crippen LogP contribution in [0.1, 0.15) is 0 Å². The minimum absolute atomic E-state index is 0. The molecule has 0 aliphatic heterocycles. The summed E-state index contributed by atoms with van der Waals surface area (Å²) in [7, 11) is 0. The topological polar surface area (TPSA) is 28.5 Å². The first-order chi connectivity index (χ1) is 0. The minimum atomic E-state index is 0. The van der Waals surface area contributed by atoms with Crippen molar-refractivity contribution in [1.82, 2.24) is 0 Å². The minimum Gasteiger partial charge on any atom is -2.00 e. The molecule has 0 unspecified atom stereocenters. The van der Waals surface area contributed by atoms with Crippen LogP contribution >= 0.6 is 0 Å². The summed E-state index contributed by atoms with van der Waals surface area (Å²) in [5.74, 6) is 0. The van der Waals surface area contributed by atoms with Gasteiger partial charge >= 0.3 is 88.7 Å². The SMILES string of the molecule is [Na+].[Na+].[Na+].[O-2]. The van der Waals surface area contributed by atoms with E-state index in [0.717, 1.165) is 0 Å². The van der Waals surface area contributed by atoms with E-state index >= 15 is 0 Å². The molecule has 0 fully saturated rings. The van der Waals surface area contributed by atoms with E-state index < -0.39 is 0 Å². The molecule has 1 nitrogen and oxygen atoms in total. The maximum atomic E-state index is 0. The van der Waals surface area contributed by atoms with Crippen LogP contribution < -0.4 is 88.7 Å². The molecule has 0 rings (SSSR count). The van der Waals surface area contributed by atoms with E-state index in [-0.39, 0.29) is 94.1 Å². The van der Waals surface area contributed by atoms with Crippen LogP contribution in [0.2, 0.25) is 0 Å². The Morgan fingerprint density at radius 2 is 0.500 bits per heavy atom. The Morgan fingerprint density at radius 3 is 0.500 bits per heavy atom. The Balaban J connectivity index is 0. The molecule has 0 saturated heterocycles. The maximum absolute atomic E-state index is 0. The Labute approximate surface area is 92.1 Å². The fourth-order valence-electron chi connectivity index (χ4n) is 0. The van der Waals surface area contributed by atoms with Gasteiger partial charge in [0.25, 0.3) is 0 Å². The van der Waals surface area contributed by atoms with Crippen LogP contribution in [0, 0.1) is 0 Å². The smallest absolute Gasteiger partial charge is 1.00 e. The van der Waals surface area contributed by atoms with Gasteiger partial charge in [0.2, 0.25) is 0 Å². The number of rotatable bonds is 0. The zero-order valence-electron chi connectivity index (χ0n) is 3.41. The molecule has 0 N–H and O–H groups in total. The molecule has 0 saturated carbocycles. The fourth-order valence-corrected chi connectivity index (χ4v) is 0. The molecular formula is Na3O+. The van der Waals surface area contributed by atoms with Crippen LogP contribution in [0.4, 0.5) is 0 Å². The van der Waals surface area contributed by atoms with E-state index in [0.29, 0.717) is 0 Å². The molecule has 0 heterocycles. The van der Waals surface area contributed by atoms with Crippen molar-refractivity contribution >= 4 is 0 Å². The summed E-state index contributed by atoms with van der Waals surface area (Å²) in [6.07, 6.45) is 0. The van der Waals surface area contributed by atoms with Gasteiger partial charge in [-0.2, -0.15) is 0 Å². The van der Waals surface area contributed by atoms with Crippen molar-refractivity contribution in [2.24, 2.45) is 0 Å². The Hall–Kier alpha value is 2.96. The summed E-state index contributed by atoms with van der Waals surface area (Å²) >= 11 is 0. The Kier molecular flexibility index (Phi) is 118. The second-order valence-electron chi connectivity index (χ2n) is 0. The van der Waals surface area contributed by atoms with Gasteiger partial charge < -0.3 is 5.48 Å². The molecule has 0 radical (unpaired) electrons. The zero-order chi connectivity index (χ0) is 0. The molecular weight excluding hydrogens is 85.0 g/mol. The van der Waals surface area contributed by atoms with Crippen LogP contribution in [-0.4, -0.2) is 0 Å². The fraction of sp³-hybridized carbons (Fsp3) is 0. The van der Waals surface area contributed by atoms with Crippen LogP contribution in [0.3, 0.4) is 0 Å². The van der Waals surface area contributed by atoms with Crippen LogP contribution in [-0.2, 0) is 5.48 Å². The third-order valence-electron chi connectivity index (χ3n) is 0. The van der Waals surface area contributed by atoms with Crippen LogP contribution in [0.25, 0.3) is 0 Å². The summed E-state index contributed by atoms with van der Waals surface area (Å²) in [4.78, 5) is 0. The number of hydrogen-bond acceptors (Lipinski definition) is 0. The normalized spacial score (nSPS) is 0. The molecule has 4 heavy (non-hydrogen) atoms. The molecule has 0 aromatic rings. The van der Waals surface area contributed by atoms with Gasteiger partial charge in [0.05, 0.1) is 0 Å². The van der Waals surface area contributed by atoms with Crippen molar-refractivity contribution in [2.45, 2.75) is 0 Å². The summed E-state index contributed by atoms with van der Waals surface area (Å²) in [6, 6.07) is 0. The molecule has 0 amide bonds. The van der Waals surface area contributed by atoms with E-state index in [9.17, 15) is 0 Å². The van der Waals surface area contributed by atoms with E-state index in [1.54, 1.807) is 0 Å². The van der Waals surface area contributed by atoms with Crippen LogP contribution in [0.15, 0.2) is 0 Å². The van der Waals surface area contributed by atoms with Gasteiger partial charge in [0.15, 0.2) is 0 Å². The average Bonchev–Trinajstić information content (AvgIpc) is 0. The molecule has 8 valence electrons. The van der Waals surface area contributed by atoms with Gasteiger partial charge in [0, 0.05) is 0 Å². The summed E-state index contributed by atoms with van der Waals surface area (Å²) in [5, 5.41) is 0. The first-order valence-electron chi connectivity index (χ1n) is 0. The Bertz CT molecular complexity index is 3.25. The van der Waals surface area contributed by atoms with Gasteiger partial charge in [-0.05, 0) is 0 Å².